The maximum Gasteiger partial charge on any atom is 0.224 e. The monoisotopic (exact) mass is 254 g/mol. The van der Waals surface area contributed by atoms with Crippen molar-refractivity contribution in [2.24, 2.45) is 5.73 Å². The molecule has 0 aliphatic carbocycles. The number of nitrogens with zero attached hydrogens (tertiary/aromatic N) is 1. The van der Waals surface area contributed by atoms with E-state index in [2.05, 4.69) is 0 Å². The van der Waals surface area contributed by atoms with Crippen LogP contribution in [-0.4, -0.2) is 23.4 Å². The van der Waals surface area contributed by atoms with Gasteiger partial charge in [-0.25, -0.2) is 0 Å². The van der Waals surface area contributed by atoms with Crippen molar-refractivity contribution in [3.63, 3.8) is 0 Å². The zero-order chi connectivity index (χ0) is 12.8. The predicted octanol–water partition coefficient (Wildman–Crippen LogP) is 2.43. The molecule has 0 aliphatic heterocycles. The van der Waals surface area contributed by atoms with Gasteiger partial charge in [0.15, 0.2) is 0 Å². The maximum atomic E-state index is 11.9. The van der Waals surface area contributed by atoms with Crippen LogP contribution >= 0.6 is 11.6 Å². The third-order valence-electron chi connectivity index (χ3n) is 2.57. The summed E-state index contributed by atoms with van der Waals surface area (Å²) in [6.45, 7) is 5.00. The molecule has 1 aromatic rings. The Bertz CT molecular complexity index is 362. The largest absolute Gasteiger partial charge is 0.336 e. The molecule has 4 heteroatoms. The molecule has 0 fully saturated rings. The number of halogens is 1. The van der Waals surface area contributed by atoms with Crippen LogP contribution in [0.3, 0.4) is 0 Å². The number of hydrogen-bond donors (Lipinski definition) is 1. The van der Waals surface area contributed by atoms with Gasteiger partial charge in [-0.15, -0.1) is 0 Å². The fourth-order valence-corrected chi connectivity index (χ4v) is 1.74. The van der Waals surface area contributed by atoms with Gasteiger partial charge in [0, 0.05) is 30.6 Å². The number of nitrogens with two attached hydrogens (primary N) is 1. The first-order valence-electron chi connectivity index (χ1n) is 5.78. The van der Waals surface area contributed by atoms with Crippen molar-refractivity contribution in [1.29, 1.82) is 0 Å². The summed E-state index contributed by atoms with van der Waals surface area (Å²) in [5, 5.41) is 0.707. The normalized spacial score (nSPS) is 10.6. The summed E-state index contributed by atoms with van der Waals surface area (Å²) < 4.78 is 0. The Labute approximate surface area is 108 Å². The average molecular weight is 255 g/mol. The first-order chi connectivity index (χ1) is 8.04. The summed E-state index contributed by atoms with van der Waals surface area (Å²) in [5.74, 6) is 0.0949. The van der Waals surface area contributed by atoms with Crippen molar-refractivity contribution >= 4 is 17.5 Å². The van der Waals surface area contributed by atoms with Gasteiger partial charge in [0.2, 0.25) is 5.91 Å². The van der Waals surface area contributed by atoms with Crippen LogP contribution < -0.4 is 5.73 Å². The molecule has 0 spiro atoms. The number of benzene rings is 1. The van der Waals surface area contributed by atoms with Crippen LogP contribution in [0, 0.1) is 0 Å². The Hall–Kier alpha value is -1.06. The summed E-state index contributed by atoms with van der Waals surface area (Å²) in [6, 6.07) is 7.72. The lowest BCUT2D eigenvalue weighted by Crippen LogP contribution is -2.37. The van der Waals surface area contributed by atoms with Gasteiger partial charge in [0.25, 0.3) is 0 Å². The van der Waals surface area contributed by atoms with E-state index in [0.29, 0.717) is 24.5 Å². The molecule has 0 bridgehead atoms. The zero-order valence-corrected chi connectivity index (χ0v) is 11.1. The Morgan fingerprint density at radius 1 is 1.35 bits per heavy atom. The first-order valence-corrected chi connectivity index (χ1v) is 6.16. The molecule has 0 aliphatic rings. The number of rotatable bonds is 5. The third kappa shape index (κ3) is 4.36. The van der Waals surface area contributed by atoms with Crippen LogP contribution in [0.4, 0.5) is 0 Å². The molecular formula is C13H19ClN2O. The molecule has 0 aromatic heterocycles. The van der Waals surface area contributed by atoms with Crippen LogP contribution in [0.15, 0.2) is 24.3 Å². The molecule has 2 N–H and O–H groups in total. The molecular weight excluding hydrogens is 236 g/mol. The minimum Gasteiger partial charge on any atom is -0.336 e. The Morgan fingerprint density at radius 3 is 2.41 bits per heavy atom. The van der Waals surface area contributed by atoms with E-state index in [1.807, 2.05) is 43.0 Å². The molecule has 3 nitrogen and oxygen atoms in total. The topological polar surface area (TPSA) is 46.3 Å². The Kier molecular flexibility index (Phi) is 5.45. The minimum atomic E-state index is 0.0949. The zero-order valence-electron chi connectivity index (χ0n) is 10.3. The molecule has 0 saturated heterocycles. The molecule has 1 rings (SSSR count). The molecule has 0 heterocycles. The fourth-order valence-electron chi connectivity index (χ4n) is 1.61. The van der Waals surface area contributed by atoms with Gasteiger partial charge in [-0.3, -0.25) is 4.79 Å². The van der Waals surface area contributed by atoms with E-state index in [-0.39, 0.29) is 11.9 Å². The van der Waals surface area contributed by atoms with Gasteiger partial charge in [0.05, 0.1) is 0 Å². The van der Waals surface area contributed by atoms with Crippen molar-refractivity contribution in [2.75, 3.05) is 6.54 Å². The van der Waals surface area contributed by atoms with Crippen LogP contribution in [0.25, 0.3) is 0 Å². The van der Waals surface area contributed by atoms with Crippen LogP contribution in [0.5, 0.6) is 0 Å². The molecule has 0 radical (unpaired) electrons. The van der Waals surface area contributed by atoms with Gasteiger partial charge < -0.3 is 10.6 Å². The van der Waals surface area contributed by atoms with Crippen molar-refractivity contribution in [3.8, 4) is 0 Å². The van der Waals surface area contributed by atoms with E-state index in [0.717, 1.165) is 5.56 Å². The number of carbonyl (C=O) groups is 1. The molecule has 17 heavy (non-hydrogen) atoms. The van der Waals surface area contributed by atoms with Crippen molar-refractivity contribution in [3.05, 3.63) is 34.9 Å². The van der Waals surface area contributed by atoms with Gasteiger partial charge in [-0.1, -0.05) is 23.7 Å². The first kappa shape index (κ1) is 14.0. The highest BCUT2D eigenvalue weighted by Gasteiger charge is 2.16. The predicted molar refractivity (Wildman–Crippen MR) is 70.8 cm³/mol. The molecule has 0 atom stereocenters. The lowest BCUT2D eigenvalue weighted by molar-refractivity contribution is -0.133. The summed E-state index contributed by atoms with van der Waals surface area (Å²) in [4.78, 5) is 13.7. The summed E-state index contributed by atoms with van der Waals surface area (Å²) in [5.41, 5.74) is 6.49. The second kappa shape index (κ2) is 6.62. The van der Waals surface area contributed by atoms with Gasteiger partial charge in [-0.05, 0) is 31.5 Å². The summed E-state index contributed by atoms with van der Waals surface area (Å²) >= 11 is 5.83. The number of hydrogen-bond acceptors (Lipinski definition) is 2. The average Bonchev–Trinajstić information content (AvgIpc) is 2.28. The second-order valence-corrected chi connectivity index (χ2v) is 4.72. The Morgan fingerprint density at radius 2 is 1.94 bits per heavy atom. The highest BCUT2D eigenvalue weighted by atomic mass is 35.5. The van der Waals surface area contributed by atoms with Crippen LogP contribution in [0.2, 0.25) is 5.02 Å². The van der Waals surface area contributed by atoms with Crippen molar-refractivity contribution in [1.82, 2.24) is 4.90 Å². The van der Waals surface area contributed by atoms with E-state index in [9.17, 15) is 4.79 Å². The summed E-state index contributed by atoms with van der Waals surface area (Å²) in [6.07, 6.45) is 0.395. The third-order valence-corrected chi connectivity index (χ3v) is 2.82. The highest BCUT2D eigenvalue weighted by Crippen LogP contribution is 2.13. The molecule has 0 unspecified atom stereocenters. The van der Waals surface area contributed by atoms with Crippen molar-refractivity contribution < 1.29 is 4.79 Å². The molecule has 0 saturated carbocycles. The van der Waals surface area contributed by atoms with E-state index < -0.39 is 0 Å². The van der Waals surface area contributed by atoms with E-state index in [1.165, 1.54) is 0 Å². The lowest BCUT2D eigenvalue weighted by Gasteiger charge is -2.26. The smallest absolute Gasteiger partial charge is 0.224 e. The quantitative estimate of drug-likeness (QED) is 0.877. The highest BCUT2D eigenvalue weighted by molar-refractivity contribution is 6.30. The van der Waals surface area contributed by atoms with Gasteiger partial charge in [0.1, 0.15) is 0 Å². The van der Waals surface area contributed by atoms with Gasteiger partial charge >= 0.3 is 0 Å². The molecule has 94 valence electrons. The SMILES string of the molecule is CC(C)N(Cc1ccc(Cl)cc1)C(=O)CCN. The maximum absolute atomic E-state index is 11.9. The standard InChI is InChI=1S/C13H19ClN2O/c1-10(2)16(13(17)7-8-15)9-11-3-5-12(14)6-4-11/h3-6,10H,7-9,15H2,1-2H3. The van der Waals surface area contributed by atoms with Gasteiger partial charge in [-0.2, -0.15) is 0 Å². The Balaban J connectivity index is 2.73. The van der Waals surface area contributed by atoms with Crippen molar-refractivity contribution in [2.45, 2.75) is 32.9 Å². The van der Waals surface area contributed by atoms with E-state index >= 15 is 0 Å². The number of amides is 1. The fraction of sp³-hybridized carbons (Fsp3) is 0.462. The molecule has 1 amide bonds. The minimum absolute atomic E-state index is 0.0949. The van der Waals surface area contributed by atoms with E-state index in [4.69, 9.17) is 17.3 Å². The molecule has 1 aromatic carbocycles. The van der Waals surface area contributed by atoms with E-state index in [1.54, 1.807) is 0 Å². The second-order valence-electron chi connectivity index (χ2n) is 4.28. The lowest BCUT2D eigenvalue weighted by atomic mass is 10.1. The van der Waals surface area contributed by atoms with Crippen LogP contribution in [-0.2, 0) is 11.3 Å². The van der Waals surface area contributed by atoms with Crippen LogP contribution in [0.1, 0.15) is 25.8 Å². The summed E-state index contributed by atoms with van der Waals surface area (Å²) in [7, 11) is 0. The number of carbonyl (C=O) groups excluding carboxylic acids is 1.